The van der Waals surface area contributed by atoms with E-state index < -0.39 is 11.4 Å². The van der Waals surface area contributed by atoms with Gasteiger partial charge < -0.3 is 15.7 Å². The van der Waals surface area contributed by atoms with Gasteiger partial charge in [-0.25, -0.2) is 0 Å². The van der Waals surface area contributed by atoms with E-state index in [1.165, 1.54) is 0 Å². The number of amides is 2. The van der Waals surface area contributed by atoms with Crippen molar-refractivity contribution in [1.82, 2.24) is 10.6 Å². The quantitative estimate of drug-likeness (QED) is 0.666. The molecule has 1 aliphatic rings. The molecule has 0 aromatic rings. The summed E-state index contributed by atoms with van der Waals surface area (Å²) in [6, 6.07) is -0.0786. The van der Waals surface area contributed by atoms with Gasteiger partial charge in [-0.2, -0.15) is 0 Å². The first-order valence-electron chi connectivity index (χ1n) is 6.00. The molecule has 0 spiro atoms. The molecule has 0 aromatic heterocycles. The predicted molar refractivity (Wildman–Crippen MR) is 64.8 cm³/mol. The van der Waals surface area contributed by atoms with Crippen molar-refractivity contribution in [3.63, 3.8) is 0 Å². The largest absolute Gasteiger partial charge is 0.481 e. The zero-order valence-electron chi connectivity index (χ0n) is 10.9. The fourth-order valence-corrected chi connectivity index (χ4v) is 1.64. The van der Waals surface area contributed by atoms with Crippen LogP contribution in [0.1, 0.15) is 33.6 Å². The molecule has 18 heavy (non-hydrogen) atoms. The lowest BCUT2D eigenvalue weighted by Crippen LogP contribution is -2.50. The van der Waals surface area contributed by atoms with Crippen molar-refractivity contribution < 1.29 is 19.5 Å². The summed E-state index contributed by atoms with van der Waals surface area (Å²) in [5, 5.41) is 13.9. The summed E-state index contributed by atoms with van der Waals surface area (Å²) in [4.78, 5) is 33.6. The van der Waals surface area contributed by atoms with Crippen LogP contribution >= 0.6 is 0 Å². The van der Waals surface area contributed by atoms with E-state index in [-0.39, 0.29) is 30.3 Å². The Balaban J connectivity index is 2.20. The number of carbonyl (C=O) groups is 3. The maximum atomic E-state index is 11.5. The molecular formula is C12H20N2O4. The molecular weight excluding hydrogens is 236 g/mol. The molecule has 3 N–H and O–H groups in total. The summed E-state index contributed by atoms with van der Waals surface area (Å²) < 4.78 is 0. The van der Waals surface area contributed by atoms with E-state index in [9.17, 15) is 14.4 Å². The van der Waals surface area contributed by atoms with E-state index in [0.29, 0.717) is 12.8 Å². The van der Waals surface area contributed by atoms with Crippen LogP contribution in [-0.4, -0.2) is 35.5 Å². The van der Waals surface area contributed by atoms with Crippen LogP contribution in [0.2, 0.25) is 0 Å². The lowest BCUT2D eigenvalue weighted by Gasteiger charge is -2.32. The highest BCUT2D eigenvalue weighted by atomic mass is 16.4. The Morgan fingerprint density at radius 1 is 1.22 bits per heavy atom. The van der Waals surface area contributed by atoms with Crippen molar-refractivity contribution in [1.29, 1.82) is 0 Å². The van der Waals surface area contributed by atoms with Crippen LogP contribution in [0.3, 0.4) is 0 Å². The second-order valence-corrected chi connectivity index (χ2v) is 5.70. The Kier molecular flexibility index (Phi) is 4.32. The summed E-state index contributed by atoms with van der Waals surface area (Å²) in [5.74, 6) is -1.63. The zero-order chi connectivity index (χ0) is 13.9. The summed E-state index contributed by atoms with van der Waals surface area (Å²) >= 11 is 0. The fraction of sp³-hybridized carbons (Fsp3) is 0.750. The molecule has 0 aromatic carbocycles. The number of hydrogen-bond donors (Lipinski definition) is 3. The van der Waals surface area contributed by atoms with E-state index in [4.69, 9.17) is 5.11 Å². The predicted octanol–water partition coefficient (Wildman–Crippen LogP) is 0.128. The van der Waals surface area contributed by atoms with Gasteiger partial charge in [-0.15, -0.1) is 0 Å². The molecule has 6 nitrogen and oxygen atoms in total. The molecule has 0 radical (unpaired) electrons. The molecule has 1 fully saturated rings. The van der Waals surface area contributed by atoms with E-state index in [1.807, 2.05) is 0 Å². The monoisotopic (exact) mass is 256 g/mol. The minimum absolute atomic E-state index is 0.0651. The third kappa shape index (κ3) is 4.01. The number of carboxylic acids is 1. The Bertz CT molecular complexity index is 354. The van der Waals surface area contributed by atoms with Crippen molar-refractivity contribution in [2.45, 2.75) is 39.7 Å². The van der Waals surface area contributed by atoms with Gasteiger partial charge in [0.1, 0.15) is 0 Å². The maximum absolute atomic E-state index is 11.5. The van der Waals surface area contributed by atoms with Crippen molar-refractivity contribution in [3.05, 3.63) is 0 Å². The normalized spacial score (nSPS) is 22.8. The minimum Gasteiger partial charge on any atom is -0.481 e. The van der Waals surface area contributed by atoms with Crippen LogP contribution in [0.5, 0.6) is 0 Å². The molecule has 6 heteroatoms. The van der Waals surface area contributed by atoms with E-state index >= 15 is 0 Å². The first-order valence-corrected chi connectivity index (χ1v) is 6.00. The standard InChI is InChI=1S/C12H20N2O4/c1-12(2,3)11(18)13-6-9(15)14-8-4-7(5-8)10(16)17/h7-8H,4-6H2,1-3H3,(H,13,18)(H,14,15)(H,16,17). The topological polar surface area (TPSA) is 95.5 Å². The van der Waals surface area contributed by atoms with Crippen LogP contribution in [0.15, 0.2) is 0 Å². The van der Waals surface area contributed by atoms with E-state index in [1.54, 1.807) is 20.8 Å². The molecule has 0 aliphatic heterocycles. The molecule has 0 bridgehead atoms. The second-order valence-electron chi connectivity index (χ2n) is 5.70. The van der Waals surface area contributed by atoms with E-state index in [2.05, 4.69) is 10.6 Å². The van der Waals surface area contributed by atoms with Gasteiger partial charge in [-0.1, -0.05) is 20.8 Å². The van der Waals surface area contributed by atoms with Gasteiger partial charge >= 0.3 is 5.97 Å². The van der Waals surface area contributed by atoms with Crippen LogP contribution in [0, 0.1) is 11.3 Å². The van der Waals surface area contributed by atoms with Gasteiger partial charge in [0.2, 0.25) is 11.8 Å². The molecule has 1 aliphatic carbocycles. The summed E-state index contributed by atoms with van der Waals surface area (Å²) in [6.45, 7) is 5.24. The molecule has 0 atom stereocenters. The lowest BCUT2D eigenvalue weighted by molar-refractivity contribution is -0.146. The van der Waals surface area contributed by atoms with Crippen LogP contribution in [0.25, 0.3) is 0 Å². The zero-order valence-corrected chi connectivity index (χ0v) is 10.9. The number of aliphatic carboxylic acids is 1. The Morgan fingerprint density at radius 3 is 2.22 bits per heavy atom. The number of nitrogens with one attached hydrogen (secondary N) is 2. The van der Waals surface area contributed by atoms with Crippen molar-refractivity contribution in [2.75, 3.05) is 6.54 Å². The SMILES string of the molecule is CC(C)(C)C(=O)NCC(=O)NC1CC(C(=O)O)C1. The third-order valence-corrected chi connectivity index (χ3v) is 2.94. The molecule has 1 saturated carbocycles. The highest BCUT2D eigenvalue weighted by Gasteiger charge is 2.35. The first-order chi connectivity index (χ1) is 8.20. The van der Waals surface area contributed by atoms with Crippen molar-refractivity contribution in [3.8, 4) is 0 Å². The van der Waals surface area contributed by atoms with Crippen LogP contribution < -0.4 is 10.6 Å². The van der Waals surface area contributed by atoms with Crippen LogP contribution in [-0.2, 0) is 14.4 Å². The average molecular weight is 256 g/mol. The third-order valence-electron chi connectivity index (χ3n) is 2.94. The average Bonchev–Trinajstić information content (AvgIpc) is 2.17. The van der Waals surface area contributed by atoms with Gasteiger partial charge in [-0.05, 0) is 12.8 Å². The fourth-order valence-electron chi connectivity index (χ4n) is 1.64. The highest BCUT2D eigenvalue weighted by Crippen LogP contribution is 2.27. The number of carboxylic acid groups (broad SMARTS) is 1. The molecule has 1 rings (SSSR count). The molecule has 2 amide bonds. The summed E-state index contributed by atoms with van der Waals surface area (Å²) in [7, 11) is 0. The van der Waals surface area contributed by atoms with Gasteiger partial charge in [0.15, 0.2) is 0 Å². The first kappa shape index (κ1) is 14.5. The van der Waals surface area contributed by atoms with Crippen LogP contribution in [0.4, 0.5) is 0 Å². The van der Waals surface area contributed by atoms with Crippen molar-refractivity contribution >= 4 is 17.8 Å². The van der Waals surface area contributed by atoms with Gasteiger partial charge in [0.05, 0.1) is 12.5 Å². The van der Waals surface area contributed by atoms with Gasteiger partial charge in [0.25, 0.3) is 0 Å². The molecule has 0 unspecified atom stereocenters. The highest BCUT2D eigenvalue weighted by molar-refractivity contribution is 5.87. The van der Waals surface area contributed by atoms with Gasteiger partial charge in [0, 0.05) is 11.5 Å². The number of carbonyl (C=O) groups excluding carboxylic acids is 2. The Morgan fingerprint density at radius 2 is 1.78 bits per heavy atom. The lowest BCUT2D eigenvalue weighted by atomic mass is 9.80. The minimum atomic E-state index is -0.818. The number of rotatable bonds is 4. The Labute approximate surface area is 106 Å². The van der Waals surface area contributed by atoms with E-state index in [0.717, 1.165) is 0 Å². The smallest absolute Gasteiger partial charge is 0.306 e. The summed E-state index contributed by atoms with van der Waals surface area (Å²) in [5.41, 5.74) is -0.523. The Hall–Kier alpha value is -1.59. The molecule has 102 valence electrons. The summed E-state index contributed by atoms with van der Waals surface area (Å²) in [6.07, 6.45) is 0.933. The maximum Gasteiger partial charge on any atom is 0.306 e. The van der Waals surface area contributed by atoms with Gasteiger partial charge in [-0.3, -0.25) is 14.4 Å². The molecule has 0 heterocycles. The molecule has 0 saturated heterocycles. The second kappa shape index (κ2) is 5.37. The van der Waals surface area contributed by atoms with Crippen molar-refractivity contribution in [2.24, 2.45) is 11.3 Å². The number of hydrogen-bond acceptors (Lipinski definition) is 3.